The summed E-state index contributed by atoms with van der Waals surface area (Å²) in [6, 6.07) is 9.41. The molecule has 1 heterocycles. The first-order chi connectivity index (χ1) is 10.1. The zero-order valence-electron chi connectivity index (χ0n) is 12.0. The highest BCUT2D eigenvalue weighted by molar-refractivity contribution is 6.29. The van der Waals surface area contributed by atoms with E-state index in [1.54, 1.807) is 6.21 Å². The number of aliphatic imine (C=N–C) groups is 1. The van der Waals surface area contributed by atoms with E-state index in [2.05, 4.69) is 10.3 Å². The first kappa shape index (κ1) is 15.3. The van der Waals surface area contributed by atoms with Crippen molar-refractivity contribution in [1.82, 2.24) is 0 Å². The molecule has 1 aromatic heterocycles. The van der Waals surface area contributed by atoms with E-state index < -0.39 is 0 Å². The number of amides is 1. The summed E-state index contributed by atoms with van der Waals surface area (Å²) < 4.78 is 5.57. The van der Waals surface area contributed by atoms with Gasteiger partial charge in [-0.1, -0.05) is 13.0 Å². The van der Waals surface area contributed by atoms with Crippen molar-refractivity contribution in [2.75, 3.05) is 11.2 Å². The molecule has 1 N–H and O–H groups in total. The summed E-state index contributed by atoms with van der Waals surface area (Å²) in [7, 11) is 0. The number of anilines is 1. The lowest BCUT2D eigenvalue weighted by molar-refractivity contribution is -0.113. The predicted octanol–water partition coefficient (Wildman–Crippen LogP) is 4.08. The Hall–Kier alpha value is -2.07. The molecule has 4 nitrogen and oxygen atoms in total. The molecule has 2 aromatic rings. The molecule has 110 valence electrons. The van der Waals surface area contributed by atoms with Crippen molar-refractivity contribution in [3.8, 4) is 0 Å². The quantitative estimate of drug-likeness (QED) is 0.668. The fourth-order valence-corrected chi connectivity index (χ4v) is 1.89. The number of halogens is 1. The molecular formula is C16H17ClN2O2. The highest BCUT2D eigenvalue weighted by Gasteiger charge is 2.06. The monoisotopic (exact) mass is 304 g/mol. The number of aryl methyl sites for hydroxylation is 2. The molecule has 0 radical (unpaired) electrons. The molecule has 0 saturated carbocycles. The van der Waals surface area contributed by atoms with Crippen molar-refractivity contribution >= 4 is 35.1 Å². The minimum Gasteiger partial charge on any atom is -0.460 e. The standard InChI is InChI=1S/C16H17ClN2O2/c1-3-12-5-6-13(21-12)10-18-15-8-11(2)4-7-14(15)19-16(20)9-17/h4-8,10H,3,9H2,1-2H3,(H,19,20). The molecule has 0 atom stereocenters. The van der Waals surface area contributed by atoms with Gasteiger partial charge in [0.15, 0.2) is 0 Å². The molecule has 0 aliphatic carbocycles. The largest absolute Gasteiger partial charge is 0.460 e. The normalized spacial score (nSPS) is 11.0. The van der Waals surface area contributed by atoms with Gasteiger partial charge in [0.2, 0.25) is 5.91 Å². The van der Waals surface area contributed by atoms with Crippen LogP contribution in [0.1, 0.15) is 24.0 Å². The van der Waals surface area contributed by atoms with Crippen LogP contribution in [-0.2, 0) is 11.2 Å². The molecule has 0 spiro atoms. The van der Waals surface area contributed by atoms with E-state index in [0.29, 0.717) is 17.1 Å². The van der Waals surface area contributed by atoms with Gasteiger partial charge in [0.05, 0.1) is 17.6 Å². The van der Waals surface area contributed by atoms with E-state index in [9.17, 15) is 4.79 Å². The second-order valence-electron chi connectivity index (χ2n) is 4.62. The summed E-state index contributed by atoms with van der Waals surface area (Å²) in [5, 5.41) is 2.72. The summed E-state index contributed by atoms with van der Waals surface area (Å²) in [5.74, 6) is 1.25. The van der Waals surface area contributed by atoms with Gasteiger partial charge in [-0.3, -0.25) is 9.79 Å². The van der Waals surface area contributed by atoms with E-state index in [1.165, 1.54) is 0 Å². The Morgan fingerprint density at radius 3 is 2.86 bits per heavy atom. The number of rotatable bonds is 5. The van der Waals surface area contributed by atoms with E-state index in [1.807, 2.05) is 44.2 Å². The van der Waals surface area contributed by atoms with Crippen molar-refractivity contribution in [3.63, 3.8) is 0 Å². The predicted molar refractivity (Wildman–Crippen MR) is 85.9 cm³/mol. The number of hydrogen-bond donors (Lipinski definition) is 1. The molecular weight excluding hydrogens is 288 g/mol. The van der Waals surface area contributed by atoms with Crippen molar-refractivity contribution < 1.29 is 9.21 Å². The van der Waals surface area contributed by atoms with E-state index in [-0.39, 0.29) is 11.8 Å². The Kier molecular flexibility index (Phi) is 5.17. The molecule has 5 heteroatoms. The Morgan fingerprint density at radius 1 is 1.38 bits per heavy atom. The number of nitrogens with one attached hydrogen (secondary N) is 1. The van der Waals surface area contributed by atoms with Crippen molar-refractivity contribution in [2.24, 2.45) is 4.99 Å². The van der Waals surface area contributed by atoms with Gasteiger partial charge in [-0.25, -0.2) is 0 Å². The van der Waals surface area contributed by atoms with Gasteiger partial charge in [-0.05, 0) is 36.8 Å². The first-order valence-corrected chi connectivity index (χ1v) is 7.25. The van der Waals surface area contributed by atoms with E-state index >= 15 is 0 Å². The number of furan rings is 1. The fourth-order valence-electron chi connectivity index (χ4n) is 1.82. The minimum absolute atomic E-state index is 0.0882. The van der Waals surface area contributed by atoms with Crippen LogP contribution in [0.4, 0.5) is 11.4 Å². The molecule has 21 heavy (non-hydrogen) atoms. The van der Waals surface area contributed by atoms with E-state index in [4.69, 9.17) is 16.0 Å². The Morgan fingerprint density at radius 2 is 2.19 bits per heavy atom. The summed E-state index contributed by atoms with van der Waals surface area (Å²) >= 11 is 5.51. The fraction of sp³-hybridized carbons (Fsp3) is 0.250. The molecule has 0 unspecified atom stereocenters. The molecule has 0 saturated heterocycles. The molecule has 0 aliphatic heterocycles. The summed E-state index contributed by atoms with van der Waals surface area (Å²) in [6.45, 7) is 3.99. The number of carbonyl (C=O) groups excluding carboxylic acids is 1. The number of benzene rings is 1. The molecule has 1 aromatic carbocycles. The lowest BCUT2D eigenvalue weighted by Crippen LogP contribution is -2.12. The van der Waals surface area contributed by atoms with Crippen molar-refractivity contribution in [2.45, 2.75) is 20.3 Å². The van der Waals surface area contributed by atoms with Gasteiger partial charge in [0.1, 0.15) is 17.4 Å². The smallest absolute Gasteiger partial charge is 0.239 e. The molecule has 1 amide bonds. The van der Waals surface area contributed by atoms with Crippen LogP contribution in [0.5, 0.6) is 0 Å². The van der Waals surface area contributed by atoms with Gasteiger partial charge >= 0.3 is 0 Å². The maximum atomic E-state index is 11.4. The Bertz CT molecular complexity index is 662. The number of hydrogen-bond acceptors (Lipinski definition) is 3. The topological polar surface area (TPSA) is 54.6 Å². The van der Waals surface area contributed by atoms with Crippen LogP contribution in [0, 0.1) is 6.92 Å². The van der Waals surface area contributed by atoms with E-state index in [0.717, 1.165) is 17.7 Å². The van der Waals surface area contributed by atoms with Crippen molar-refractivity contribution in [3.05, 3.63) is 47.4 Å². The van der Waals surface area contributed by atoms with Crippen LogP contribution in [0.15, 0.2) is 39.7 Å². The lowest BCUT2D eigenvalue weighted by Gasteiger charge is -2.07. The van der Waals surface area contributed by atoms with Crippen LogP contribution in [0.25, 0.3) is 0 Å². The second-order valence-corrected chi connectivity index (χ2v) is 4.89. The lowest BCUT2D eigenvalue weighted by atomic mass is 10.2. The van der Waals surface area contributed by atoms with Crippen LogP contribution >= 0.6 is 11.6 Å². The molecule has 0 aliphatic rings. The van der Waals surface area contributed by atoms with Crippen LogP contribution < -0.4 is 5.32 Å². The van der Waals surface area contributed by atoms with Gasteiger partial charge in [0.25, 0.3) is 0 Å². The first-order valence-electron chi connectivity index (χ1n) is 6.71. The molecule has 0 fully saturated rings. The maximum absolute atomic E-state index is 11.4. The van der Waals surface area contributed by atoms with Crippen LogP contribution in [-0.4, -0.2) is 18.0 Å². The van der Waals surface area contributed by atoms with Gasteiger partial charge in [0, 0.05) is 6.42 Å². The van der Waals surface area contributed by atoms with Gasteiger partial charge < -0.3 is 9.73 Å². The zero-order chi connectivity index (χ0) is 15.2. The van der Waals surface area contributed by atoms with Crippen LogP contribution in [0.2, 0.25) is 0 Å². The minimum atomic E-state index is -0.261. The Balaban J connectivity index is 2.24. The molecule has 2 rings (SSSR count). The third-order valence-electron chi connectivity index (χ3n) is 2.91. The highest BCUT2D eigenvalue weighted by atomic mass is 35.5. The Labute approximate surface area is 128 Å². The molecule has 0 bridgehead atoms. The summed E-state index contributed by atoms with van der Waals surface area (Å²) in [5.41, 5.74) is 2.35. The summed E-state index contributed by atoms with van der Waals surface area (Å²) in [4.78, 5) is 15.8. The van der Waals surface area contributed by atoms with Crippen LogP contribution in [0.3, 0.4) is 0 Å². The third-order valence-corrected chi connectivity index (χ3v) is 3.15. The zero-order valence-corrected chi connectivity index (χ0v) is 12.8. The number of alkyl halides is 1. The third kappa shape index (κ3) is 4.20. The second kappa shape index (κ2) is 7.09. The maximum Gasteiger partial charge on any atom is 0.239 e. The van der Waals surface area contributed by atoms with Gasteiger partial charge in [-0.15, -0.1) is 11.6 Å². The highest BCUT2D eigenvalue weighted by Crippen LogP contribution is 2.26. The van der Waals surface area contributed by atoms with Gasteiger partial charge in [-0.2, -0.15) is 0 Å². The average molecular weight is 305 g/mol. The average Bonchev–Trinajstić information content (AvgIpc) is 2.95. The summed E-state index contributed by atoms with van der Waals surface area (Å²) in [6.07, 6.45) is 2.49. The van der Waals surface area contributed by atoms with Crippen molar-refractivity contribution in [1.29, 1.82) is 0 Å². The SMILES string of the molecule is CCc1ccc(C=Nc2cc(C)ccc2NC(=O)CCl)o1. The number of carbonyl (C=O) groups is 1. The number of nitrogens with zero attached hydrogens (tertiary/aromatic N) is 1.